The highest BCUT2D eigenvalue weighted by Crippen LogP contribution is 2.68. The quantitative estimate of drug-likeness (QED) is 0.320. The van der Waals surface area contributed by atoms with Gasteiger partial charge in [-0.25, -0.2) is 4.79 Å². The minimum atomic E-state index is -1.19. The Morgan fingerprint density at radius 1 is 1.22 bits per heavy atom. The predicted molar refractivity (Wildman–Crippen MR) is 134 cm³/mol. The first-order valence-electron chi connectivity index (χ1n) is 12.3. The molecule has 10 nitrogen and oxygen atoms in total. The van der Waals surface area contributed by atoms with Crippen molar-refractivity contribution in [2.75, 3.05) is 0 Å². The number of non-ortho nitro benzene ring substituents is 1. The van der Waals surface area contributed by atoms with E-state index < -0.39 is 40.6 Å². The third-order valence-corrected chi connectivity index (χ3v) is 11.1. The molecule has 3 fully saturated rings. The third kappa shape index (κ3) is 3.52. The SMILES string of the molecule is CC(C)C[C@H](C(=O)O)N1C(=O)[C@@H]2[C@H]3C[C@@H]([C@@H]2C1=O)[C@@H]1[C@H](c2cccc([N+](=O)[O-])c2)c2sc(=O)[nH]c2S[C@H]31. The largest absolute Gasteiger partial charge is 0.480 e. The van der Waals surface area contributed by atoms with Gasteiger partial charge in [0.15, 0.2) is 0 Å². The number of likely N-dealkylation sites (tertiary alicyclic amines) is 1. The highest BCUT2D eigenvalue weighted by Gasteiger charge is 2.70. The van der Waals surface area contributed by atoms with Crippen molar-refractivity contribution in [3.63, 3.8) is 0 Å². The molecule has 3 heterocycles. The number of aliphatic carboxylic acids is 1. The number of H-pyrrole nitrogens is 1. The third-order valence-electron chi connectivity index (χ3n) is 8.49. The van der Waals surface area contributed by atoms with E-state index in [2.05, 4.69) is 4.98 Å². The van der Waals surface area contributed by atoms with E-state index in [0.717, 1.165) is 21.1 Å². The van der Waals surface area contributed by atoms with E-state index in [0.29, 0.717) is 17.0 Å². The summed E-state index contributed by atoms with van der Waals surface area (Å²) in [6, 6.07) is 5.22. The molecule has 1 aromatic carbocycles. The van der Waals surface area contributed by atoms with Gasteiger partial charge in [0, 0.05) is 28.2 Å². The molecular formula is C25H25N3O7S2. The molecular weight excluding hydrogens is 518 g/mol. The Hall–Kier alpha value is -2.99. The molecule has 37 heavy (non-hydrogen) atoms. The Bertz CT molecular complexity index is 1400. The number of carboxylic acid groups (broad SMARTS) is 1. The fourth-order valence-electron chi connectivity index (χ4n) is 7.32. The second-order valence-corrected chi connectivity index (χ2v) is 13.0. The summed E-state index contributed by atoms with van der Waals surface area (Å²) in [7, 11) is 0. The van der Waals surface area contributed by atoms with Gasteiger partial charge in [-0.15, -0.1) is 11.8 Å². The summed E-state index contributed by atoms with van der Waals surface area (Å²) < 4.78 is 0. The number of imide groups is 1. The Morgan fingerprint density at radius 2 is 1.92 bits per heavy atom. The van der Waals surface area contributed by atoms with E-state index in [9.17, 15) is 34.4 Å². The van der Waals surface area contributed by atoms with Crippen LogP contribution in [0.15, 0.2) is 34.1 Å². The molecule has 194 valence electrons. The van der Waals surface area contributed by atoms with Crippen LogP contribution < -0.4 is 4.87 Å². The standard InChI is InChI=1S/C25H25N3O7S2/c1-9(2)6-14(24(31)32)27-22(29)17-12-8-13(18(17)23(27)30)19-16(12)15(20-21(36-19)26-25(33)37-20)10-4-3-5-11(7-10)28(34)35/h3-5,7,9,12-19H,6,8H2,1-2H3,(H,26,33)(H,31,32)/t12-,13-,14-,15+,16-,17+,18-,19-/m1/s1. The van der Waals surface area contributed by atoms with Crippen LogP contribution in [0.5, 0.6) is 0 Å². The van der Waals surface area contributed by atoms with Gasteiger partial charge in [0.2, 0.25) is 11.8 Å². The Labute approximate surface area is 219 Å². The van der Waals surface area contributed by atoms with Crippen LogP contribution in [-0.4, -0.2) is 49.0 Å². The molecule has 2 aliphatic heterocycles. The number of thiazole rings is 1. The lowest BCUT2D eigenvalue weighted by Gasteiger charge is -2.43. The van der Waals surface area contributed by atoms with Gasteiger partial charge in [-0.05, 0) is 42.1 Å². The number of amides is 2. The second-order valence-electron chi connectivity index (χ2n) is 10.8. The summed E-state index contributed by atoms with van der Waals surface area (Å²) in [6.45, 7) is 3.72. The summed E-state index contributed by atoms with van der Waals surface area (Å²) in [4.78, 5) is 67.3. The van der Waals surface area contributed by atoms with Gasteiger partial charge in [-0.2, -0.15) is 0 Å². The van der Waals surface area contributed by atoms with E-state index in [1.807, 2.05) is 19.9 Å². The zero-order chi connectivity index (χ0) is 26.3. The summed E-state index contributed by atoms with van der Waals surface area (Å²) in [5, 5.41) is 22.0. The number of carbonyl (C=O) groups is 3. The first kappa shape index (κ1) is 24.4. The monoisotopic (exact) mass is 543 g/mol. The van der Waals surface area contributed by atoms with E-state index in [4.69, 9.17) is 0 Å². The molecule has 2 bridgehead atoms. The average Bonchev–Trinajstić information content (AvgIpc) is 3.56. The highest BCUT2D eigenvalue weighted by atomic mass is 32.2. The van der Waals surface area contributed by atoms with Crippen molar-refractivity contribution in [1.82, 2.24) is 9.88 Å². The number of hydrogen-bond acceptors (Lipinski definition) is 8. The van der Waals surface area contributed by atoms with Gasteiger partial charge < -0.3 is 10.1 Å². The Kier molecular flexibility index (Phi) is 5.61. The number of fused-ring (bicyclic) bond motifs is 9. The highest BCUT2D eigenvalue weighted by molar-refractivity contribution is 8.00. The van der Waals surface area contributed by atoms with Gasteiger partial charge >= 0.3 is 10.8 Å². The first-order valence-corrected chi connectivity index (χ1v) is 14.0. The molecule has 2 amide bonds. The fraction of sp³-hybridized carbons (Fsp3) is 0.520. The maximum absolute atomic E-state index is 13.7. The number of benzene rings is 1. The molecule has 2 N–H and O–H groups in total. The van der Waals surface area contributed by atoms with Gasteiger partial charge in [-0.1, -0.05) is 37.3 Å². The molecule has 0 unspecified atom stereocenters. The van der Waals surface area contributed by atoms with Crippen LogP contribution in [0.25, 0.3) is 0 Å². The lowest BCUT2D eigenvalue weighted by Crippen LogP contribution is -2.47. The predicted octanol–water partition coefficient (Wildman–Crippen LogP) is 3.32. The van der Waals surface area contributed by atoms with Crippen molar-refractivity contribution >= 4 is 46.6 Å². The summed E-state index contributed by atoms with van der Waals surface area (Å²) in [6.07, 6.45) is 0.855. The van der Waals surface area contributed by atoms with Crippen molar-refractivity contribution in [3.05, 3.63) is 54.5 Å². The van der Waals surface area contributed by atoms with E-state index in [-0.39, 0.29) is 51.8 Å². The number of carboxylic acids is 1. The van der Waals surface area contributed by atoms with Crippen LogP contribution >= 0.6 is 23.1 Å². The number of nitro benzene ring substituents is 1. The first-order chi connectivity index (χ1) is 17.6. The zero-order valence-electron chi connectivity index (χ0n) is 20.0. The number of thioether (sulfide) groups is 1. The van der Waals surface area contributed by atoms with Gasteiger partial charge in [0.1, 0.15) is 6.04 Å². The lowest BCUT2D eigenvalue weighted by molar-refractivity contribution is -0.384. The topological polar surface area (TPSA) is 151 Å². The van der Waals surface area contributed by atoms with Crippen LogP contribution in [0, 0.1) is 45.6 Å². The lowest BCUT2D eigenvalue weighted by atomic mass is 9.68. The van der Waals surface area contributed by atoms with E-state index in [1.54, 1.807) is 6.07 Å². The van der Waals surface area contributed by atoms with Crippen LogP contribution in [0.4, 0.5) is 5.69 Å². The minimum Gasteiger partial charge on any atom is -0.480 e. The smallest absolute Gasteiger partial charge is 0.326 e. The molecule has 4 aliphatic rings. The van der Waals surface area contributed by atoms with Crippen molar-refractivity contribution in [3.8, 4) is 0 Å². The number of aromatic amines is 1. The van der Waals surface area contributed by atoms with Crippen LogP contribution in [0.1, 0.15) is 43.0 Å². The molecule has 1 saturated heterocycles. The van der Waals surface area contributed by atoms with Crippen LogP contribution in [0.2, 0.25) is 0 Å². The molecule has 0 radical (unpaired) electrons. The van der Waals surface area contributed by atoms with Crippen LogP contribution in [-0.2, 0) is 14.4 Å². The van der Waals surface area contributed by atoms with Crippen molar-refractivity contribution in [1.29, 1.82) is 0 Å². The number of hydrogen-bond donors (Lipinski definition) is 2. The number of nitrogens with one attached hydrogen (secondary N) is 1. The normalized spacial score (nSPS) is 32.4. The molecule has 2 aromatic rings. The molecule has 6 rings (SSSR count). The van der Waals surface area contributed by atoms with Gasteiger partial charge in [-0.3, -0.25) is 29.4 Å². The molecule has 0 spiro atoms. The molecule has 2 aliphatic carbocycles. The Morgan fingerprint density at radius 3 is 2.57 bits per heavy atom. The van der Waals surface area contributed by atoms with E-state index in [1.165, 1.54) is 23.9 Å². The second kappa shape index (κ2) is 8.52. The van der Waals surface area contributed by atoms with Crippen LogP contribution in [0.3, 0.4) is 0 Å². The summed E-state index contributed by atoms with van der Waals surface area (Å²) in [5.74, 6) is -3.94. The number of nitro groups is 1. The summed E-state index contributed by atoms with van der Waals surface area (Å²) in [5.41, 5.74) is 0.663. The minimum absolute atomic E-state index is 0.0111. The van der Waals surface area contributed by atoms with Crippen molar-refractivity contribution < 1.29 is 24.4 Å². The molecule has 12 heteroatoms. The number of aromatic nitrogens is 1. The van der Waals surface area contributed by atoms with E-state index >= 15 is 0 Å². The number of carbonyl (C=O) groups excluding carboxylic acids is 2. The zero-order valence-corrected chi connectivity index (χ0v) is 21.7. The van der Waals surface area contributed by atoms with Gasteiger partial charge in [0.25, 0.3) is 5.69 Å². The Balaban J connectivity index is 1.43. The molecule has 2 saturated carbocycles. The maximum atomic E-state index is 13.7. The maximum Gasteiger partial charge on any atom is 0.326 e. The summed E-state index contributed by atoms with van der Waals surface area (Å²) >= 11 is 2.61. The fourth-order valence-corrected chi connectivity index (χ4v) is 10.2. The number of rotatable bonds is 6. The molecule has 1 aromatic heterocycles. The average molecular weight is 544 g/mol. The van der Waals surface area contributed by atoms with Crippen molar-refractivity contribution in [2.45, 2.75) is 48.9 Å². The molecule has 8 atom stereocenters. The van der Waals surface area contributed by atoms with Gasteiger partial charge in [0.05, 0.1) is 21.8 Å². The number of nitrogens with zero attached hydrogens (tertiary/aromatic N) is 2. The van der Waals surface area contributed by atoms with Crippen molar-refractivity contribution in [2.24, 2.45) is 35.5 Å².